The summed E-state index contributed by atoms with van der Waals surface area (Å²) < 4.78 is 27.7. The highest BCUT2D eigenvalue weighted by Gasteiger charge is 2.21. The molecule has 6 nitrogen and oxygen atoms in total. The van der Waals surface area contributed by atoms with E-state index in [1.807, 2.05) is 0 Å². The standard InChI is InChI=1S/C18H20ClN3O3S/c19-13-7-9-15(10-8-13)26(24,25)22-17-6-2-1-5-16(17)18(23)21-14-4-3-11-20-12-14/h1-2,5-10,14,20,22H,3-4,11-12H2,(H,21,23)/t14-/m0/s1. The van der Waals surface area contributed by atoms with Gasteiger partial charge in [-0.25, -0.2) is 8.42 Å². The molecule has 0 spiro atoms. The topological polar surface area (TPSA) is 87.3 Å². The molecular weight excluding hydrogens is 374 g/mol. The Morgan fingerprint density at radius 1 is 1.12 bits per heavy atom. The summed E-state index contributed by atoms with van der Waals surface area (Å²) in [4.78, 5) is 12.7. The monoisotopic (exact) mass is 393 g/mol. The quantitative estimate of drug-likeness (QED) is 0.728. The Morgan fingerprint density at radius 2 is 1.85 bits per heavy atom. The first-order chi connectivity index (χ1) is 12.5. The van der Waals surface area contributed by atoms with Crippen LogP contribution >= 0.6 is 11.6 Å². The molecule has 1 atom stereocenters. The fourth-order valence-corrected chi connectivity index (χ4v) is 4.03. The number of halogens is 1. The number of sulfonamides is 1. The molecule has 1 amide bonds. The molecule has 0 bridgehead atoms. The van der Waals surface area contributed by atoms with Gasteiger partial charge >= 0.3 is 0 Å². The third-order valence-corrected chi connectivity index (χ3v) is 5.81. The van der Waals surface area contributed by atoms with Gasteiger partial charge in [0.25, 0.3) is 15.9 Å². The molecule has 138 valence electrons. The van der Waals surface area contributed by atoms with E-state index in [9.17, 15) is 13.2 Å². The number of amides is 1. The maximum atomic E-state index is 12.6. The van der Waals surface area contributed by atoms with Gasteiger partial charge in [-0.3, -0.25) is 9.52 Å². The average Bonchev–Trinajstić information content (AvgIpc) is 2.63. The van der Waals surface area contributed by atoms with Crippen molar-refractivity contribution in [3.63, 3.8) is 0 Å². The lowest BCUT2D eigenvalue weighted by Gasteiger charge is -2.24. The van der Waals surface area contributed by atoms with Crippen molar-refractivity contribution in [3.05, 3.63) is 59.1 Å². The Morgan fingerprint density at radius 3 is 2.54 bits per heavy atom. The summed E-state index contributed by atoms with van der Waals surface area (Å²) in [6.45, 7) is 1.66. The molecule has 8 heteroatoms. The summed E-state index contributed by atoms with van der Waals surface area (Å²) in [7, 11) is -3.82. The number of carbonyl (C=O) groups excluding carboxylic acids is 1. The molecule has 2 aromatic carbocycles. The van der Waals surface area contributed by atoms with Crippen molar-refractivity contribution < 1.29 is 13.2 Å². The number of benzene rings is 2. The molecule has 0 aliphatic carbocycles. The lowest BCUT2D eigenvalue weighted by atomic mass is 10.1. The van der Waals surface area contributed by atoms with Gasteiger partial charge in [0.15, 0.2) is 0 Å². The molecule has 1 fully saturated rings. The van der Waals surface area contributed by atoms with Crippen molar-refractivity contribution in [2.45, 2.75) is 23.8 Å². The van der Waals surface area contributed by atoms with Crippen LogP contribution in [-0.2, 0) is 10.0 Å². The van der Waals surface area contributed by atoms with Crippen LogP contribution < -0.4 is 15.4 Å². The lowest BCUT2D eigenvalue weighted by molar-refractivity contribution is 0.0931. The minimum Gasteiger partial charge on any atom is -0.348 e. The summed E-state index contributed by atoms with van der Waals surface area (Å²) in [5.41, 5.74) is 0.527. The van der Waals surface area contributed by atoms with Crippen molar-refractivity contribution in [2.75, 3.05) is 17.8 Å². The van der Waals surface area contributed by atoms with E-state index in [0.717, 1.165) is 19.4 Å². The van der Waals surface area contributed by atoms with Crippen molar-refractivity contribution in [1.29, 1.82) is 0 Å². The van der Waals surface area contributed by atoms with Crippen LogP contribution in [0, 0.1) is 0 Å². The fourth-order valence-electron chi connectivity index (χ4n) is 2.83. The first kappa shape index (κ1) is 18.7. The maximum Gasteiger partial charge on any atom is 0.261 e. The second-order valence-electron chi connectivity index (χ2n) is 6.12. The smallest absolute Gasteiger partial charge is 0.261 e. The molecule has 0 saturated carbocycles. The van der Waals surface area contributed by atoms with E-state index in [1.54, 1.807) is 24.3 Å². The van der Waals surface area contributed by atoms with Gasteiger partial charge in [-0.2, -0.15) is 0 Å². The zero-order valence-corrected chi connectivity index (χ0v) is 15.6. The molecule has 1 heterocycles. The Labute approximate surface area is 158 Å². The first-order valence-corrected chi connectivity index (χ1v) is 10.2. The zero-order valence-electron chi connectivity index (χ0n) is 14.0. The number of piperidine rings is 1. The zero-order chi connectivity index (χ0) is 18.6. The summed E-state index contributed by atoms with van der Waals surface area (Å²) in [5.74, 6) is -0.298. The number of carbonyl (C=O) groups is 1. The van der Waals surface area contributed by atoms with E-state index < -0.39 is 10.0 Å². The van der Waals surface area contributed by atoms with Crippen LogP contribution in [0.15, 0.2) is 53.4 Å². The van der Waals surface area contributed by atoms with Gasteiger partial charge in [0, 0.05) is 17.6 Å². The van der Waals surface area contributed by atoms with Crippen molar-refractivity contribution in [1.82, 2.24) is 10.6 Å². The van der Waals surface area contributed by atoms with E-state index in [4.69, 9.17) is 11.6 Å². The molecule has 0 aromatic heterocycles. The lowest BCUT2D eigenvalue weighted by Crippen LogP contribution is -2.45. The SMILES string of the molecule is O=C(N[C@H]1CCCNC1)c1ccccc1NS(=O)(=O)c1ccc(Cl)cc1. The summed E-state index contributed by atoms with van der Waals surface area (Å²) in [5, 5.41) is 6.64. The molecule has 1 aliphatic heterocycles. The van der Waals surface area contributed by atoms with E-state index in [1.165, 1.54) is 24.3 Å². The van der Waals surface area contributed by atoms with Crippen LogP contribution in [0.3, 0.4) is 0 Å². The average molecular weight is 394 g/mol. The van der Waals surface area contributed by atoms with Crippen LogP contribution in [0.25, 0.3) is 0 Å². The van der Waals surface area contributed by atoms with Crippen molar-refractivity contribution in [3.8, 4) is 0 Å². The van der Waals surface area contributed by atoms with Gasteiger partial charge in [0.2, 0.25) is 0 Å². The van der Waals surface area contributed by atoms with Crippen LogP contribution in [0.4, 0.5) is 5.69 Å². The summed E-state index contributed by atoms with van der Waals surface area (Å²) >= 11 is 5.81. The molecule has 0 unspecified atom stereocenters. The predicted molar refractivity (Wildman–Crippen MR) is 102 cm³/mol. The van der Waals surface area contributed by atoms with E-state index >= 15 is 0 Å². The van der Waals surface area contributed by atoms with Crippen LogP contribution in [-0.4, -0.2) is 33.5 Å². The van der Waals surface area contributed by atoms with Crippen LogP contribution in [0.5, 0.6) is 0 Å². The first-order valence-electron chi connectivity index (χ1n) is 8.35. The minimum atomic E-state index is -3.82. The van der Waals surface area contributed by atoms with Gasteiger partial charge in [-0.1, -0.05) is 23.7 Å². The van der Waals surface area contributed by atoms with Gasteiger partial charge in [0.05, 0.1) is 16.1 Å². The van der Waals surface area contributed by atoms with E-state index in [0.29, 0.717) is 11.6 Å². The number of hydrogen-bond donors (Lipinski definition) is 3. The third kappa shape index (κ3) is 4.55. The van der Waals surface area contributed by atoms with Gasteiger partial charge in [-0.15, -0.1) is 0 Å². The Bertz CT molecular complexity index is 879. The minimum absolute atomic E-state index is 0.0391. The van der Waals surface area contributed by atoms with Crippen LogP contribution in [0.1, 0.15) is 23.2 Å². The Hall–Kier alpha value is -2.09. The van der Waals surface area contributed by atoms with Gasteiger partial charge < -0.3 is 10.6 Å². The molecule has 1 saturated heterocycles. The molecule has 1 aliphatic rings. The second-order valence-corrected chi connectivity index (χ2v) is 8.24. The van der Waals surface area contributed by atoms with Crippen molar-refractivity contribution >= 4 is 33.2 Å². The normalized spacial score (nSPS) is 17.5. The number of rotatable bonds is 5. The largest absolute Gasteiger partial charge is 0.348 e. The van der Waals surface area contributed by atoms with Gasteiger partial charge in [0.1, 0.15) is 0 Å². The Balaban J connectivity index is 1.80. The van der Waals surface area contributed by atoms with Crippen molar-refractivity contribution in [2.24, 2.45) is 0 Å². The number of para-hydroxylation sites is 1. The third-order valence-electron chi connectivity index (χ3n) is 4.17. The number of nitrogens with one attached hydrogen (secondary N) is 3. The second kappa shape index (κ2) is 8.07. The maximum absolute atomic E-state index is 12.6. The molecule has 3 N–H and O–H groups in total. The molecule has 26 heavy (non-hydrogen) atoms. The van der Waals surface area contributed by atoms with Crippen LogP contribution in [0.2, 0.25) is 5.02 Å². The predicted octanol–water partition coefficient (Wildman–Crippen LogP) is 2.62. The highest BCUT2D eigenvalue weighted by Crippen LogP contribution is 2.21. The Kier molecular flexibility index (Phi) is 5.80. The fraction of sp³-hybridized carbons (Fsp3) is 0.278. The summed E-state index contributed by atoms with van der Waals surface area (Å²) in [6, 6.07) is 12.4. The van der Waals surface area contributed by atoms with Gasteiger partial charge in [-0.05, 0) is 55.8 Å². The molecule has 3 rings (SSSR count). The molecule has 2 aromatic rings. The number of anilines is 1. The molecule has 0 radical (unpaired) electrons. The number of hydrogen-bond acceptors (Lipinski definition) is 4. The van der Waals surface area contributed by atoms with E-state index in [-0.39, 0.29) is 28.1 Å². The molecular formula is C18H20ClN3O3S. The van der Waals surface area contributed by atoms with E-state index in [2.05, 4.69) is 15.4 Å². The highest BCUT2D eigenvalue weighted by molar-refractivity contribution is 7.92. The summed E-state index contributed by atoms with van der Waals surface area (Å²) in [6.07, 6.45) is 1.90. The highest BCUT2D eigenvalue weighted by atomic mass is 35.5.